The number of carbonyl (C=O) groups is 2. The zero-order valence-corrected chi connectivity index (χ0v) is 24.6. The van der Waals surface area contributed by atoms with Crippen molar-refractivity contribution in [2.75, 3.05) is 47.5 Å². The lowest BCUT2D eigenvalue weighted by Crippen LogP contribution is -2.24. The van der Waals surface area contributed by atoms with Crippen molar-refractivity contribution < 1.29 is 28.9 Å². The molecular weight excluding hydrogens is 552 g/mol. The highest BCUT2D eigenvalue weighted by molar-refractivity contribution is 5.80. The Morgan fingerprint density at radius 1 is 0.791 bits per heavy atom. The van der Waals surface area contributed by atoms with Crippen LogP contribution in [0.2, 0.25) is 0 Å². The molecule has 2 atom stereocenters. The molecule has 0 amide bonds. The fourth-order valence-electron chi connectivity index (χ4n) is 5.46. The van der Waals surface area contributed by atoms with E-state index in [0.717, 1.165) is 65.1 Å². The number of hydrogen-bond donors (Lipinski definition) is 1. The maximum absolute atomic E-state index is 11.6. The second-order valence-corrected chi connectivity index (χ2v) is 10.7. The minimum absolute atomic E-state index is 0.0327. The number of phenolic OH excluding ortho intramolecular Hbond substituents is 1. The molecule has 0 radical (unpaired) electrons. The minimum atomic E-state index is -0.146. The summed E-state index contributed by atoms with van der Waals surface area (Å²) in [5.41, 5.74) is 1.70. The van der Waals surface area contributed by atoms with E-state index in [4.69, 9.17) is 14.2 Å². The number of fused-ring (bicyclic) bond motifs is 2. The first-order valence-corrected chi connectivity index (χ1v) is 14.2. The van der Waals surface area contributed by atoms with Crippen molar-refractivity contribution in [3.8, 4) is 11.5 Å². The maximum atomic E-state index is 11.6. The summed E-state index contributed by atoms with van der Waals surface area (Å²) in [6.45, 7) is 4.36. The molecule has 2 aliphatic rings. The van der Waals surface area contributed by atoms with Gasteiger partial charge in [-0.05, 0) is 62.3 Å². The second kappa shape index (κ2) is 13.7. The number of hydrogen-bond acceptors (Lipinski definition) is 12. The van der Waals surface area contributed by atoms with Crippen LogP contribution in [0.5, 0.6) is 11.5 Å². The van der Waals surface area contributed by atoms with Gasteiger partial charge in [0.05, 0.1) is 57.3 Å². The summed E-state index contributed by atoms with van der Waals surface area (Å²) in [7, 11) is 4.50. The number of methoxy groups -OCH3 is 3. The Bertz CT molecular complexity index is 1600. The van der Waals surface area contributed by atoms with E-state index >= 15 is 0 Å². The number of rotatable bonds is 7. The molecule has 2 fully saturated rings. The van der Waals surface area contributed by atoms with Gasteiger partial charge in [-0.3, -0.25) is 19.4 Å². The average molecular weight is 589 g/mol. The summed E-state index contributed by atoms with van der Waals surface area (Å²) in [5.74, 6) is 2.13. The first-order chi connectivity index (χ1) is 20.8. The van der Waals surface area contributed by atoms with Gasteiger partial charge in [0.1, 0.15) is 23.1 Å². The van der Waals surface area contributed by atoms with Crippen LogP contribution < -0.4 is 4.74 Å². The third-order valence-electron chi connectivity index (χ3n) is 7.79. The Hall–Kier alpha value is -4.42. The Morgan fingerprint density at radius 3 is 1.81 bits per heavy atom. The van der Waals surface area contributed by atoms with Crippen LogP contribution in [0.4, 0.5) is 0 Å². The van der Waals surface area contributed by atoms with Crippen molar-refractivity contribution in [2.24, 2.45) is 11.8 Å². The number of likely N-dealkylation sites (tertiary alicyclic amines) is 2. The summed E-state index contributed by atoms with van der Waals surface area (Å²) < 4.78 is 14.8. The van der Waals surface area contributed by atoms with Crippen LogP contribution in [0.3, 0.4) is 0 Å². The van der Waals surface area contributed by atoms with Crippen molar-refractivity contribution >= 4 is 33.7 Å². The summed E-state index contributed by atoms with van der Waals surface area (Å²) in [6.07, 6.45) is 5.17. The number of carbonyl (C=O) groups excluding carboxylic acids is 2. The fourth-order valence-corrected chi connectivity index (χ4v) is 5.46. The number of ether oxygens (including phenoxy) is 3. The van der Waals surface area contributed by atoms with Crippen LogP contribution in [0.15, 0.2) is 48.8 Å². The van der Waals surface area contributed by atoms with Crippen molar-refractivity contribution in [3.05, 3.63) is 60.4 Å². The smallest absolute Gasteiger partial charge is 0.310 e. The Kier molecular flexibility index (Phi) is 9.58. The Labute approximate surface area is 249 Å². The number of esters is 2. The molecule has 0 saturated carbocycles. The molecule has 226 valence electrons. The predicted molar refractivity (Wildman–Crippen MR) is 158 cm³/mol. The zero-order chi connectivity index (χ0) is 30.3. The van der Waals surface area contributed by atoms with E-state index in [1.54, 1.807) is 31.5 Å². The molecule has 6 rings (SSSR count). The quantitative estimate of drug-likeness (QED) is 0.317. The first-order valence-electron chi connectivity index (χ1n) is 14.2. The van der Waals surface area contributed by atoms with Crippen molar-refractivity contribution in [3.63, 3.8) is 0 Å². The summed E-state index contributed by atoms with van der Waals surface area (Å²) in [6, 6.07) is 10.8. The lowest BCUT2D eigenvalue weighted by atomic mass is 10.1. The van der Waals surface area contributed by atoms with Gasteiger partial charge >= 0.3 is 11.9 Å². The molecule has 12 heteroatoms. The van der Waals surface area contributed by atoms with Crippen LogP contribution in [0.1, 0.15) is 24.5 Å². The molecule has 2 aromatic heterocycles. The molecule has 0 spiro atoms. The lowest BCUT2D eigenvalue weighted by Gasteiger charge is -2.14. The van der Waals surface area contributed by atoms with Gasteiger partial charge in [0.15, 0.2) is 0 Å². The molecule has 43 heavy (non-hydrogen) atoms. The maximum Gasteiger partial charge on any atom is 0.310 e. The average Bonchev–Trinajstić information content (AvgIpc) is 3.70. The van der Waals surface area contributed by atoms with E-state index in [1.165, 1.54) is 14.2 Å². The van der Waals surface area contributed by atoms with Crippen LogP contribution in [-0.2, 0) is 32.2 Å². The highest BCUT2D eigenvalue weighted by Crippen LogP contribution is 2.23. The van der Waals surface area contributed by atoms with Crippen molar-refractivity contribution in [1.29, 1.82) is 0 Å². The van der Waals surface area contributed by atoms with Gasteiger partial charge < -0.3 is 19.3 Å². The van der Waals surface area contributed by atoms with Crippen molar-refractivity contribution in [2.45, 2.75) is 25.9 Å². The Balaban J connectivity index is 0.000000171. The largest absolute Gasteiger partial charge is 0.508 e. The molecule has 2 saturated heterocycles. The van der Waals surface area contributed by atoms with Gasteiger partial charge in [0, 0.05) is 36.3 Å². The van der Waals surface area contributed by atoms with Gasteiger partial charge in [-0.1, -0.05) is 0 Å². The molecule has 2 aliphatic heterocycles. The molecule has 0 unspecified atom stereocenters. The van der Waals surface area contributed by atoms with E-state index in [0.29, 0.717) is 26.2 Å². The van der Waals surface area contributed by atoms with E-state index in [9.17, 15) is 14.7 Å². The molecule has 4 aromatic rings. The molecule has 0 bridgehead atoms. The monoisotopic (exact) mass is 588 g/mol. The predicted octanol–water partition coefficient (Wildman–Crippen LogP) is 2.96. The summed E-state index contributed by atoms with van der Waals surface area (Å²) in [5, 5.41) is 11.2. The van der Waals surface area contributed by atoms with Crippen molar-refractivity contribution in [1.82, 2.24) is 29.7 Å². The molecule has 0 aliphatic carbocycles. The topological polar surface area (TPSA) is 140 Å². The third kappa shape index (κ3) is 7.51. The van der Waals surface area contributed by atoms with Gasteiger partial charge in [-0.25, -0.2) is 19.9 Å². The number of aromatic nitrogens is 4. The lowest BCUT2D eigenvalue weighted by molar-refractivity contribution is -0.145. The summed E-state index contributed by atoms with van der Waals surface area (Å²) >= 11 is 0. The number of aromatic hydroxyl groups is 1. The SMILES string of the molecule is COC(=O)[C@@H]1CCN(Cc2ncc3cc(O)ccc3n2)C1.COC(=O)[C@@H]1CCN(Cc2ncc3cc(OC)ccc3n2)C1. The minimum Gasteiger partial charge on any atom is -0.508 e. The van der Waals surface area contributed by atoms with E-state index < -0.39 is 0 Å². The highest BCUT2D eigenvalue weighted by atomic mass is 16.5. The second-order valence-electron chi connectivity index (χ2n) is 10.7. The molecular formula is C31H36N6O6. The van der Waals surface area contributed by atoms with Crippen LogP contribution in [0, 0.1) is 11.8 Å². The molecule has 4 heterocycles. The number of phenols is 1. The Morgan fingerprint density at radius 2 is 1.30 bits per heavy atom. The molecule has 1 N–H and O–H groups in total. The van der Waals surface area contributed by atoms with Gasteiger partial charge in [-0.2, -0.15) is 0 Å². The van der Waals surface area contributed by atoms with Gasteiger partial charge in [0.2, 0.25) is 0 Å². The standard InChI is InChI=1S/C16H19N3O3.C15H17N3O3/c1-21-13-3-4-14-12(7-13)8-17-15(18-14)10-19-6-5-11(9-19)16(20)22-2;1-21-15(20)10-4-5-18(8-10)9-14-16-7-11-6-12(19)2-3-13(11)17-14/h3-4,7-8,11H,5-6,9-10H2,1-2H3;2-3,6-7,10,19H,4-5,8-9H2,1H3/t11-;10-/m11/s1. The summed E-state index contributed by atoms with van der Waals surface area (Å²) in [4.78, 5) is 45.2. The van der Waals surface area contributed by atoms with Crippen LogP contribution in [-0.4, -0.2) is 94.3 Å². The molecule has 2 aromatic carbocycles. The van der Waals surface area contributed by atoms with Crippen LogP contribution >= 0.6 is 0 Å². The number of benzene rings is 2. The molecule has 12 nitrogen and oxygen atoms in total. The van der Waals surface area contributed by atoms with Gasteiger partial charge in [-0.15, -0.1) is 0 Å². The van der Waals surface area contributed by atoms with E-state index in [-0.39, 0.29) is 29.5 Å². The third-order valence-corrected chi connectivity index (χ3v) is 7.79. The van der Waals surface area contributed by atoms with Gasteiger partial charge in [0.25, 0.3) is 0 Å². The van der Waals surface area contributed by atoms with E-state index in [1.807, 2.05) is 24.4 Å². The fraction of sp³-hybridized carbons (Fsp3) is 0.419. The normalized spacial score (nSPS) is 18.8. The van der Waals surface area contributed by atoms with Crippen LogP contribution in [0.25, 0.3) is 21.8 Å². The van der Waals surface area contributed by atoms with E-state index in [2.05, 4.69) is 29.7 Å². The zero-order valence-electron chi connectivity index (χ0n) is 24.6. The highest BCUT2D eigenvalue weighted by Gasteiger charge is 2.30. The first kappa shape index (κ1) is 30.1. The number of nitrogens with zero attached hydrogens (tertiary/aromatic N) is 6.